The van der Waals surface area contributed by atoms with Gasteiger partial charge in [-0.2, -0.15) is 0 Å². The van der Waals surface area contributed by atoms with Gasteiger partial charge in [0.2, 0.25) is 0 Å². The molecule has 1 aliphatic carbocycles. The van der Waals surface area contributed by atoms with E-state index in [0.29, 0.717) is 19.2 Å². The Bertz CT molecular complexity index is 627. The van der Waals surface area contributed by atoms with Crippen LogP contribution in [0.25, 0.3) is 0 Å². The number of amides is 1. The van der Waals surface area contributed by atoms with Crippen molar-refractivity contribution in [3.8, 4) is 5.75 Å². The van der Waals surface area contributed by atoms with Crippen LogP contribution in [-0.2, 0) is 20.7 Å². The molecular weight excluding hydrogens is 344 g/mol. The van der Waals surface area contributed by atoms with E-state index in [1.54, 1.807) is 14.2 Å². The summed E-state index contributed by atoms with van der Waals surface area (Å²) in [5, 5.41) is 3.26. The van der Waals surface area contributed by atoms with Crippen molar-refractivity contribution in [2.24, 2.45) is 0 Å². The molecule has 2 fully saturated rings. The zero-order valence-corrected chi connectivity index (χ0v) is 16.7. The number of aryl methyl sites for hydroxylation is 1. The maximum absolute atomic E-state index is 13.1. The van der Waals surface area contributed by atoms with Gasteiger partial charge in [-0.25, -0.2) is 0 Å². The zero-order chi connectivity index (χ0) is 19.2. The first-order valence-electron chi connectivity index (χ1n) is 9.96. The van der Waals surface area contributed by atoms with Crippen LogP contribution in [0.5, 0.6) is 5.75 Å². The number of morpholine rings is 1. The third-order valence-corrected chi connectivity index (χ3v) is 5.40. The SMILES string of the molecule is COCCCc1cc([C@@H](C)N(C(=O)[C@H]2CNCCO2)C2CC2)ccc1OC. The minimum Gasteiger partial charge on any atom is -0.496 e. The van der Waals surface area contributed by atoms with E-state index in [2.05, 4.69) is 24.4 Å². The van der Waals surface area contributed by atoms with E-state index in [4.69, 9.17) is 14.2 Å². The van der Waals surface area contributed by atoms with Crippen molar-refractivity contribution >= 4 is 5.91 Å². The van der Waals surface area contributed by atoms with Gasteiger partial charge in [-0.1, -0.05) is 12.1 Å². The average molecular weight is 376 g/mol. The second-order valence-electron chi connectivity index (χ2n) is 7.38. The number of carbonyl (C=O) groups excluding carboxylic acids is 1. The maximum atomic E-state index is 13.1. The molecule has 150 valence electrons. The third-order valence-electron chi connectivity index (χ3n) is 5.40. The van der Waals surface area contributed by atoms with Gasteiger partial charge in [0, 0.05) is 32.8 Å². The quantitative estimate of drug-likeness (QED) is 0.670. The van der Waals surface area contributed by atoms with E-state index in [0.717, 1.165) is 55.7 Å². The van der Waals surface area contributed by atoms with Crippen LogP contribution in [0.3, 0.4) is 0 Å². The lowest BCUT2D eigenvalue weighted by Gasteiger charge is -2.34. The molecule has 1 N–H and O–H groups in total. The topological polar surface area (TPSA) is 60.0 Å². The Morgan fingerprint density at radius 3 is 2.81 bits per heavy atom. The first-order chi connectivity index (χ1) is 13.2. The summed E-state index contributed by atoms with van der Waals surface area (Å²) in [7, 11) is 3.42. The fourth-order valence-electron chi connectivity index (χ4n) is 3.75. The van der Waals surface area contributed by atoms with Gasteiger partial charge in [0.05, 0.1) is 19.8 Å². The highest BCUT2D eigenvalue weighted by Gasteiger charge is 2.39. The molecule has 0 spiro atoms. The molecule has 0 aromatic heterocycles. The molecule has 0 unspecified atom stereocenters. The molecule has 3 rings (SSSR count). The minimum absolute atomic E-state index is 0.0163. The lowest BCUT2D eigenvalue weighted by atomic mass is 9.99. The molecule has 2 aliphatic rings. The molecule has 6 heteroatoms. The van der Waals surface area contributed by atoms with Gasteiger partial charge < -0.3 is 24.4 Å². The van der Waals surface area contributed by atoms with E-state index in [1.165, 1.54) is 0 Å². The monoisotopic (exact) mass is 376 g/mol. The van der Waals surface area contributed by atoms with Crippen LogP contribution in [0.15, 0.2) is 18.2 Å². The van der Waals surface area contributed by atoms with Gasteiger partial charge in [0.25, 0.3) is 5.91 Å². The van der Waals surface area contributed by atoms with Crippen LogP contribution in [0.4, 0.5) is 0 Å². The second-order valence-corrected chi connectivity index (χ2v) is 7.38. The molecule has 0 radical (unpaired) electrons. The van der Waals surface area contributed by atoms with Gasteiger partial charge >= 0.3 is 0 Å². The highest BCUT2D eigenvalue weighted by molar-refractivity contribution is 5.82. The normalized spacial score (nSPS) is 20.9. The van der Waals surface area contributed by atoms with Crippen LogP contribution < -0.4 is 10.1 Å². The predicted molar refractivity (Wildman–Crippen MR) is 104 cm³/mol. The standard InChI is InChI=1S/C21H32N2O4/c1-15(16-6-9-19(26-3)17(13-16)5-4-11-25-2)23(18-7-8-18)21(24)20-14-22-10-12-27-20/h6,9,13,15,18,20,22H,4-5,7-8,10-12,14H2,1-3H3/t15-,20-/m1/s1. The Morgan fingerprint density at radius 2 is 2.19 bits per heavy atom. The number of carbonyl (C=O) groups is 1. The summed E-state index contributed by atoms with van der Waals surface area (Å²) in [4.78, 5) is 15.2. The van der Waals surface area contributed by atoms with Crippen molar-refractivity contribution in [2.45, 2.75) is 50.8 Å². The summed E-state index contributed by atoms with van der Waals surface area (Å²) in [6, 6.07) is 6.62. The van der Waals surface area contributed by atoms with Crippen molar-refractivity contribution in [1.29, 1.82) is 0 Å². The number of ether oxygens (including phenoxy) is 3. The van der Waals surface area contributed by atoms with E-state index in [1.807, 2.05) is 11.0 Å². The molecule has 1 aliphatic heterocycles. The third kappa shape index (κ3) is 5.00. The summed E-state index contributed by atoms with van der Waals surface area (Å²) in [5.74, 6) is 1.00. The first kappa shape index (κ1) is 20.1. The van der Waals surface area contributed by atoms with Crippen molar-refractivity contribution in [3.05, 3.63) is 29.3 Å². The van der Waals surface area contributed by atoms with E-state index in [-0.39, 0.29) is 18.1 Å². The van der Waals surface area contributed by atoms with Crippen LogP contribution in [-0.4, -0.2) is 63.5 Å². The molecular formula is C21H32N2O4. The Hall–Kier alpha value is -1.63. The van der Waals surface area contributed by atoms with Crippen molar-refractivity contribution < 1.29 is 19.0 Å². The van der Waals surface area contributed by atoms with E-state index >= 15 is 0 Å². The van der Waals surface area contributed by atoms with E-state index in [9.17, 15) is 4.79 Å². The number of methoxy groups -OCH3 is 2. The molecule has 6 nitrogen and oxygen atoms in total. The molecule has 1 saturated heterocycles. The summed E-state index contributed by atoms with van der Waals surface area (Å²) in [6.07, 6.45) is 3.61. The van der Waals surface area contributed by atoms with E-state index < -0.39 is 0 Å². The summed E-state index contributed by atoms with van der Waals surface area (Å²) in [5.41, 5.74) is 2.31. The first-order valence-corrected chi connectivity index (χ1v) is 9.96. The van der Waals surface area contributed by atoms with Crippen LogP contribution in [0.2, 0.25) is 0 Å². The van der Waals surface area contributed by atoms with Crippen LogP contribution in [0, 0.1) is 0 Å². The van der Waals surface area contributed by atoms with Gasteiger partial charge in [-0.3, -0.25) is 4.79 Å². The number of hydrogen-bond donors (Lipinski definition) is 1. The average Bonchev–Trinajstić information content (AvgIpc) is 3.53. The summed E-state index contributed by atoms with van der Waals surface area (Å²) < 4.78 is 16.4. The van der Waals surface area contributed by atoms with Crippen molar-refractivity contribution in [1.82, 2.24) is 10.2 Å². The number of rotatable bonds is 9. The molecule has 1 saturated carbocycles. The fourth-order valence-corrected chi connectivity index (χ4v) is 3.75. The van der Waals surface area contributed by atoms with Crippen molar-refractivity contribution in [2.75, 3.05) is 40.5 Å². The van der Waals surface area contributed by atoms with Gasteiger partial charge in [-0.05, 0) is 49.8 Å². The maximum Gasteiger partial charge on any atom is 0.253 e. The fraction of sp³-hybridized carbons (Fsp3) is 0.667. The Labute approximate surface area is 162 Å². The van der Waals surface area contributed by atoms with Gasteiger partial charge in [0.1, 0.15) is 11.9 Å². The number of nitrogens with zero attached hydrogens (tertiary/aromatic N) is 1. The number of nitrogens with one attached hydrogen (secondary N) is 1. The highest BCUT2D eigenvalue weighted by Crippen LogP contribution is 2.36. The van der Waals surface area contributed by atoms with Crippen LogP contribution in [0.1, 0.15) is 43.4 Å². The lowest BCUT2D eigenvalue weighted by Crippen LogP contribution is -2.50. The Kier molecular flexibility index (Phi) is 7.10. The smallest absolute Gasteiger partial charge is 0.253 e. The Balaban J connectivity index is 1.77. The second kappa shape index (κ2) is 9.53. The number of hydrogen-bond acceptors (Lipinski definition) is 5. The largest absolute Gasteiger partial charge is 0.496 e. The molecule has 1 aromatic carbocycles. The molecule has 1 amide bonds. The summed E-state index contributed by atoms with van der Waals surface area (Å²) >= 11 is 0. The lowest BCUT2D eigenvalue weighted by molar-refractivity contribution is -0.148. The Morgan fingerprint density at radius 1 is 1.37 bits per heavy atom. The molecule has 1 aromatic rings. The van der Waals surface area contributed by atoms with Crippen molar-refractivity contribution in [3.63, 3.8) is 0 Å². The zero-order valence-electron chi connectivity index (χ0n) is 16.7. The molecule has 2 atom stereocenters. The predicted octanol–water partition coefficient (Wildman–Crippen LogP) is 2.31. The van der Waals surface area contributed by atoms with Gasteiger partial charge in [0.15, 0.2) is 0 Å². The highest BCUT2D eigenvalue weighted by atomic mass is 16.5. The molecule has 27 heavy (non-hydrogen) atoms. The molecule has 0 bridgehead atoms. The number of benzene rings is 1. The molecule has 1 heterocycles. The van der Waals surface area contributed by atoms with Crippen LogP contribution >= 0.6 is 0 Å². The minimum atomic E-state index is -0.374. The summed E-state index contributed by atoms with van der Waals surface area (Å²) in [6.45, 7) is 4.84. The van der Waals surface area contributed by atoms with Gasteiger partial charge in [-0.15, -0.1) is 0 Å².